The summed E-state index contributed by atoms with van der Waals surface area (Å²) < 4.78 is 0. The van der Waals surface area contributed by atoms with Crippen LogP contribution >= 0.6 is 11.8 Å². The van der Waals surface area contributed by atoms with Crippen LogP contribution in [0.1, 0.15) is 25.7 Å². The summed E-state index contributed by atoms with van der Waals surface area (Å²) in [7, 11) is 0. The van der Waals surface area contributed by atoms with E-state index in [9.17, 15) is 14.4 Å². The predicted molar refractivity (Wildman–Crippen MR) is 70.8 cm³/mol. The van der Waals surface area contributed by atoms with Crippen LogP contribution in [0.15, 0.2) is 0 Å². The topological polar surface area (TPSA) is 69.7 Å². The number of carbonyl (C=O) groups is 3. The van der Waals surface area contributed by atoms with E-state index in [0.29, 0.717) is 19.1 Å². The van der Waals surface area contributed by atoms with Crippen LogP contribution in [0.25, 0.3) is 0 Å². The highest BCUT2D eigenvalue weighted by Gasteiger charge is 2.43. The highest BCUT2D eigenvalue weighted by atomic mass is 32.2. The van der Waals surface area contributed by atoms with Gasteiger partial charge in [0.1, 0.15) is 0 Å². The van der Waals surface area contributed by atoms with E-state index in [2.05, 4.69) is 5.32 Å². The second-order valence-electron chi connectivity index (χ2n) is 5.31. The number of rotatable bonds is 2. The maximum absolute atomic E-state index is 11.9. The van der Waals surface area contributed by atoms with E-state index in [4.69, 9.17) is 0 Å². The Hall–Kier alpha value is -1.24. The molecule has 0 atom stereocenters. The van der Waals surface area contributed by atoms with Crippen molar-refractivity contribution in [2.75, 3.05) is 18.8 Å². The van der Waals surface area contributed by atoms with Gasteiger partial charge >= 0.3 is 6.03 Å². The van der Waals surface area contributed by atoms with Crippen LogP contribution in [-0.2, 0) is 4.79 Å². The summed E-state index contributed by atoms with van der Waals surface area (Å²) in [5, 5.41) is 2.83. The predicted octanol–water partition coefficient (Wildman–Crippen LogP) is 1.02. The van der Waals surface area contributed by atoms with Gasteiger partial charge in [0.15, 0.2) is 0 Å². The normalized spacial score (nSPS) is 25.1. The molecule has 19 heavy (non-hydrogen) atoms. The lowest BCUT2D eigenvalue weighted by Crippen LogP contribution is -2.64. The van der Waals surface area contributed by atoms with E-state index in [1.165, 1.54) is 17.7 Å². The first-order chi connectivity index (χ1) is 9.15. The van der Waals surface area contributed by atoms with Crippen molar-refractivity contribution in [2.24, 2.45) is 0 Å². The van der Waals surface area contributed by atoms with Crippen molar-refractivity contribution in [1.29, 1.82) is 0 Å². The average molecular weight is 283 g/mol. The third-order valence-corrected chi connectivity index (χ3v) is 4.82. The molecule has 0 aromatic rings. The summed E-state index contributed by atoms with van der Waals surface area (Å²) in [6, 6.07) is 0.122. The number of thioether (sulfide) groups is 1. The Morgan fingerprint density at radius 1 is 1.21 bits per heavy atom. The van der Waals surface area contributed by atoms with Gasteiger partial charge in [0, 0.05) is 19.1 Å². The minimum Gasteiger partial charge on any atom is -0.335 e. The van der Waals surface area contributed by atoms with Crippen molar-refractivity contribution < 1.29 is 14.4 Å². The minimum atomic E-state index is -0.175. The largest absolute Gasteiger partial charge is 0.335 e. The number of urea groups is 1. The molecule has 3 fully saturated rings. The fraction of sp³-hybridized carbons (Fsp3) is 0.750. The van der Waals surface area contributed by atoms with Gasteiger partial charge in [0.25, 0.3) is 5.24 Å². The lowest BCUT2D eigenvalue weighted by atomic mass is 10.1. The summed E-state index contributed by atoms with van der Waals surface area (Å²) in [5.41, 5.74) is 0. The van der Waals surface area contributed by atoms with Crippen LogP contribution in [0, 0.1) is 0 Å². The minimum absolute atomic E-state index is 0.0603. The maximum Gasteiger partial charge on any atom is 0.317 e. The van der Waals surface area contributed by atoms with Crippen LogP contribution in [0.5, 0.6) is 0 Å². The summed E-state index contributed by atoms with van der Waals surface area (Å²) in [6.07, 6.45) is 4.48. The van der Waals surface area contributed by atoms with Gasteiger partial charge in [0.2, 0.25) is 5.91 Å². The quantitative estimate of drug-likeness (QED) is 0.821. The highest BCUT2D eigenvalue weighted by Crippen LogP contribution is 2.26. The summed E-state index contributed by atoms with van der Waals surface area (Å²) in [4.78, 5) is 38.0. The van der Waals surface area contributed by atoms with Gasteiger partial charge in [-0.25, -0.2) is 4.79 Å². The SMILES string of the molecule is O=C(NC1CCCC1)N1CC(N2C(=O)CSC2=O)C1. The molecule has 0 aromatic heterocycles. The first kappa shape index (κ1) is 12.8. The number of amides is 4. The van der Waals surface area contributed by atoms with Gasteiger partial charge in [-0.2, -0.15) is 0 Å². The number of nitrogens with one attached hydrogen (secondary N) is 1. The van der Waals surface area contributed by atoms with E-state index in [1.54, 1.807) is 4.90 Å². The van der Waals surface area contributed by atoms with Crippen LogP contribution in [0.2, 0.25) is 0 Å². The Labute approximate surface area is 115 Å². The molecule has 2 heterocycles. The summed E-state index contributed by atoms with van der Waals surface area (Å²) in [5.74, 6) is 0.111. The molecule has 3 aliphatic rings. The molecule has 1 N–H and O–H groups in total. The molecular weight excluding hydrogens is 266 g/mol. The van der Waals surface area contributed by atoms with Gasteiger partial charge in [-0.05, 0) is 12.8 Å². The molecule has 2 aliphatic heterocycles. The molecule has 0 radical (unpaired) electrons. The Morgan fingerprint density at radius 3 is 2.47 bits per heavy atom. The van der Waals surface area contributed by atoms with E-state index < -0.39 is 0 Å². The third-order valence-electron chi connectivity index (χ3n) is 3.98. The first-order valence-corrected chi connectivity index (χ1v) is 7.68. The zero-order valence-corrected chi connectivity index (χ0v) is 11.4. The molecule has 0 bridgehead atoms. The monoisotopic (exact) mass is 283 g/mol. The summed E-state index contributed by atoms with van der Waals surface area (Å²) in [6.45, 7) is 0.938. The second-order valence-corrected chi connectivity index (χ2v) is 6.23. The van der Waals surface area contributed by atoms with Gasteiger partial charge < -0.3 is 10.2 Å². The van der Waals surface area contributed by atoms with Crippen molar-refractivity contribution in [3.63, 3.8) is 0 Å². The fourth-order valence-electron chi connectivity index (χ4n) is 2.84. The summed E-state index contributed by atoms with van der Waals surface area (Å²) >= 11 is 1.05. The van der Waals surface area contributed by atoms with Crippen molar-refractivity contribution in [1.82, 2.24) is 15.1 Å². The van der Waals surface area contributed by atoms with Crippen LogP contribution in [0.3, 0.4) is 0 Å². The van der Waals surface area contributed by atoms with Crippen molar-refractivity contribution in [3.8, 4) is 0 Å². The van der Waals surface area contributed by atoms with Crippen molar-refractivity contribution in [3.05, 3.63) is 0 Å². The molecule has 6 nitrogen and oxygen atoms in total. The Bertz CT molecular complexity index is 400. The molecule has 4 amide bonds. The number of nitrogens with zero attached hydrogens (tertiary/aromatic N) is 2. The molecular formula is C12H17N3O3S. The molecule has 3 rings (SSSR count). The zero-order chi connectivity index (χ0) is 13.4. The van der Waals surface area contributed by atoms with Gasteiger partial charge in [-0.15, -0.1) is 0 Å². The van der Waals surface area contributed by atoms with Crippen molar-refractivity contribution in [2.45, 2.75) is 37.8 Å². The number of likely N-dealkylation sites (tertiary alicyclic amines) is 1. The zero-order valence-electron chi connectivity index (χ0n) is 10.6. The van der Waals surface area contributed by atoms with E-state index in [0.717, 1.165) is 24.6 Å². The molecule has 1 aliphatic carbocycles. The number of imide groups is 1. The Morgan fingerprint density at radius 2 is 1.89 bits per heavy atom. The van der Waals surface area contributed by atoms with Gasteiger partial charge in [-0.1, -0.05) is 24.6 Å². The van der Waals surface area contributed by atoms with E-state index >= 15 is 0 Å². The van der Waals surface area contributed by atoms with E-state index in [1.807, 2.05) is 0 Å². The molecule has 0 spiro atoms. The first-order valence-electron chi connectivity index (χ1n) is 6.69. The second kappa shape index (κ2) is 5.03. The lowest BCUT2D eigenvalue weighted by Gasteiger charge is -2.42. The molecule has 1 saturated carbocycles. The molecule has 2 saturated heterocycles. The third kappa shape index (κ3) is 2.43. The Balaban J connectivity index is 1.48. The number of hydrogen-bond donors (Lipinski definition) is 1. The van der Waals surface area contributed by atoms with Crippen LogP contribution in [-0.4, -0.2) is 57.9 Å². The van der Waals surface area contributed by atoms with Crippen molar-refractivity contribution >= 4 is 28.9 Å². The van der Waals surface area contributed by atoms with Gasteiger partial charge in [0.05, 0.1) is 11.8 Å². The fourth-order valence-corrected chi connectivity index (χ4v) is 3.61. The number of carbonyl (C=O) groups excluding carboxylic acids is 3. The maximum atomic E-state index is 11.9. The Kier molecular flexibility index (Phi) is 3.38. The molecule has 0 aromatic carbocycles. The molecule has 0 unspecified atom stereocenters. The van der Waals surface area contributed by atoms with E-state index in [-0.39, 0.29) is 29.0 Å². The highest BCUT2D eigenvalue weighted by molar-refractivity contribution is 8.14. The molecule has 104 valence electrons. The lowest BCUT2D eigenvalue weighted by molar-refractivity contribution is -0.128. The standard InChI is InChI=1S/C12H17N3O3S/c16-10-7-19-12(18)15(10)9-5-14(6-9)11(17)13-8-3-1-2-4-8/h8-9H,1-7H2,(H,13,17). The van der Waals surface area contributed by atoms with Crippen LogP contribution in [0.4, 0.5) is 9.59 Å². The molecule has 7 heteroatoms. The smallest absolute Gasteiger partial charge is 0.317 e. The number of hydrogen-bond acceptors (Lipinski definition) is 4. The average Bonchev–Trinajstić information content (AvgIpc) is 2.91. The van der Waals surface area contributed by atoms with Gasteiger partial charge in [-0.3, -0.25) is 14.5 Å². The van der Waals surface area contributed by atoms with Crippen LogP contribution < -0.4 is 5.32 Å².